The highest BCUT2D eigenvalue weighted by Crippen LogP contribution is 2.14. The van der Waals surface area contributed by atoms with Crippen LogP contribution in [0, 0.1) is 5.82 Å². The summed E-state index contributed by atoms with van der Waals surface area (Å²) in [5.41, 5.74) is 0.970. The zero-order valence-corrected chi connectivity index (χ0v) is 17.5. The topological polar surface area (TPSA) is 98.5 Å². The molecule has 0 bridgehead atoms. The minimum absolute atomic E-state index is 0.0294. The highest BCUT2D eigenvalue weighted by atomic mass is 19.1. The van der Waals surface area contributed by atoms with Gasteiger partial charge in [0.2, 0.25) is 11.7 Å². The van der Waals surface area contributed by atoms with E-state index < -0.39 is 17.5 Å². The van der Waals surface area contributed by atoms with Gasteiger partial charge in [-0.1, -0.05) is 24.3 Å². The van der Waals surface area contributed by atoms with Crippen LogP contribution in [-0.4, -0.2) is 44.7 Å². The molecule has 0 saturated carbocycles. The Bertz CT molecular complexity index is 1220. The van der Waals surface area contributed by atoms with Crippen LogP contribution in [0.3, 0.4) is 0 Å². The molecular formula is C22H22FN5O4. The van der Waals surface area contributed by atoms with Gasteiger partial charge >= 0.3 is 5.69 Å². The molecule has 32 heavy (non-hydrogen) atoms. The van der Waals surface area contributed by atoms with Crippen molar-refractivity contribution >= 4 is 11.8 Å². The molecule has 1 aliphatic rings. The zero-order chi connectivity index (χ0) is 22.7. The van der Waals surface area contributed by atoms with Crippen LogP contribution in [-0.2, 0) is 31.0 Å². The van der Waals surface area contributed by atoms with Crippen molar-refractivity contribution in [2.75, 3.05) is 13.7 Å². The number of ether oxygens (including phenoxy) is 1. The van der Waals surface area contributed by atoms with Gasteiger partial charge < -0.3 is 15.0 Å². The summed E-state index contributed by atoms with van der Waals surface area (Å²) < 4.78 is 20.8. The van der Waals surface area contributed by atoms with E-state index in [2.05, 4.69) is 10.4 Å². The largest absolute Gasteiger partial charge is 0.497 e. The van der Waals surface area contributed by atoms with Crippen molar-refractivity contribution < 1.29 is 18.7 Å². The quantitative estimate of drug-likeness (QED) is 0.596. The van der Waals surface area contributed by atoms with Crippen molar-refractivity contribution in [3.05, 3.63) is 81.8 Å². The Morgan fingerprint density at radius 3 is 2.69 bits per heavy atom. The molecule has 0 aliphatic carbocycles. The van der Waals surface area contributed by atoms with Gasteiger partial charge in [-0.25, -0.2) is 13.9 Å². The van der Waals surface area contributed by atoms with Gasteiger partial charge in [-0.2, -0.15) is 0 Å². The molecule has 0 unspecified atom stereocenters. The van der Waals surface area contributed by atoms with Crippen molar-refractivity contribution in [3.63, 3.8) is 0 Å². The van der Waals surface area contributed by atoms with Gasteiger partial charge in [0.25, 0.3) is 5.91 Å². The van der Waals surface area contributed by atoms with Crippen molar-refractivity contribution in [3.8, 4) is 5.75 Å². The molecule has 2 amide bonds. The van der Waals surface area contributed by atoms with Gasteiger partial charge in [0, 0.05) is 26.2 Å². The molecule has 9 nitrogen and oxygen atoms in total. The molecule has 166 valence electrons. The third-order valence-electron chi connectivity index (χ3n) is 5.17. The number of nitrogens with zero attached hydrogens (tertiary/aromatic N) is 4. The summed E-state index contributed by atoms with van der Waals surface area (Å²) >= 11 is 0. The first-order chi connectivity index (χ1) is 15.4. The number of rotatable bonds is 7. The second-order valence-corrected chi connectivity index (χ2v) is 7.40. The van der Waals surface area contributed by atoms with E-state index >= 15 is 0 Å². The number of aromatic nitrogens is 3. The number of nitrogens with one attached hydrogen (secondary N) is 1. The van der Waals surface area contributed by atoms with E-state index in [1.807, 2.05) is 12.1 Å². The maximum Gasteiger partial charge on any atom is 0.346 e. The smallest absolute Gasteiger partial charge is 0.346 e. The fraction of sp³-hybridized carbons (Fsp3) is 0.273. The van der Waals surface area contributed by atoms with Crippen LogP contribution < -0.4 is 15.7 Å². The van der Waals surface area contributed by atoms with Gasteiger partial charge in [0.05, 0.1) is 7.11 Å². The number of carbonyl (C=O) groups excluding carboxylic acids is 2. The fourth-order valence-corrected chi connectivity index (χ4v) is 3.55. The third-order valence-corrected chi connectivity index (χ3v) is 5.17. The molecule has 4 rings (SSSR count). The van der Waals surface area contributed by atoms with Crippen LogP contribution in [0.5, 0.6) is 5.75 Å². The van der Waals surface area contributed by atoms with E-state index in [0.29, 0.717) is 11.3 Å². The molecule has 2 heterocycles. The number of hydrogen-bond donors (Lipinski definition) is 1. The number of carbonyl (C=O) groups is 2. The average molecular weight is 439 g/mol. The monoisotopic (exact) mass is 439 g/mol. The normalized spacial score (nSPS) is 13.1. The Labute approximate surface area is 183 Å². The second kappa shape index (κ2) is 9.04. The predicted molar refractivity (Wildman–Crippen MR) is 112 cm³/mol. The minimum atomic E-state index is -0.518. The van der Waals surface area contributed by atoms with E-state index in [4.69, 9.17) is 4.74 Å². The Hall–Kier alpha value is -3.95. The van der Waals surface area contributed by atoms with E-state index in [0.717, 1.165) is 10.2 Å². The summed E-state index contributed by atoms with van der Waals surface area (Å²) in [5.74, 6) is -0.579. The molecule has 2 aromatic carbocycles. The van der Waals surface area contributed by atoms with Crippen LogP contribution >= 0.6 is 0 Å². The maximum absolute atomic E-state index is 13.4. The lowest BCUT2D eigenvalue weighted by Crippen LogP contribution is -2.42. The van der Waals surface area contributed by atoms with Crippen molar-refractivity contribution in [2.45, 2.75) is 26.2 Å². The summed E-state index contributed by atoms with van der Waals surface area (Å²) in [4.78, 5) is 39.3. The fourth-order valence-electron chi connectivity index (χ4n) is 3.55. The summed E-state index contributed by atoms with van der Waals surface area (Å²) in [7, 11) is 1.56. The Morgan fingerprint density at radius 1 is 1.12 bits per heavy atom. The second-order valence-electron chi connectivity index (χ2n) is 7.40. The van der Waals surface area contributed by atoms with Gasteiger partial charge in [0.1, 0.15) is 18.1 Å². The standard InChI is InChI=1S/C22H22FN5O4/c1-32-18-7-3-4-15(11-18)12-24-19(29)14-28-22(31)27-9-8-26(21(30)20(27)25-28)13-16-5-2-6-17(23)10-16/h2-7,10-11H,8-9,12-14H2,1H3,(H,24,29). The van der Waals surface area contributed by atoms with Crippen molar-refractivity contribution in [2.24, 2.45) is 0 Å². The first kappa shape index (κ1) is 21.3. The van der Waals surface area contributed by atoms with Crippen LogP contribution in [0.4, 0.5) is 4.39 Å². The molecule has 0 spiro atoms. The molecule has 0 fully saturated rings. The van der Waals surface area contributed by atoms with Crippen LogP contribution in [0.25, 0.3) is 0 Å². The number of fused-ring (bicyclic) bond motifs is 1. The predicted octanol–water partition coefficient (Wildman–Crippen LogP) is 1.16. The first-order valence-electron chi connectivity index (χ1n) is 10.1. The lowest BCUT2D eigenvalue weighted by atomic mass is 10.2. The van der Waals surface area contributed by atoms with Gasteiger partial charge in [0.15, 0.2) is 0 Å². The lowest BCUT2D eigenvalue weighted by Gasteiger charge is -2.26. The summed E-state index contributed by atoms with van der Waals surface area (Å²) in [6, 6.07) is 13.3. The SMILES string of the molecule is COc1cccc(CNC(=O)Cn2nc3n(c2=O)CCN(Cc2cccc(F)c2)C3=O)c1. The number of methoxy groups -OCH3 is 1. The highest BCUT2D eigenvalue weighted by molar-refractivity contribution is 5.91. The molecule has 1 aliphatic heterocycles. The lowest BCUT2D eigenvalue weighted by molar-refractivity contribution is -0.122. The van der Waals surface area contributed by atoms with Crippen molar-refractivity contribution in [1.82, 2.24) is 24.6 Å². The molecule has 0 saturated heterocycles. The number of benzene rings is 2. The average Bonchev–Trinajstić information content (AvgIpc) is 3.10. The number of halogens is 1. The summed E-state index contributed by atoms with van der Waals surface area (Å²) in [6.07, 6.45) is 0. The maximum atomic E-state index is 13.4. The van der Waals surface area contributed by atoms with E-state index in [1.165, 1.54) is 21.6 Å². The zero-order valence-electron chi connectivity index (χ0n) is 17.5. The highest BCUT2D eigenvalue weighted by Gasteiger charge is 2.30. The molecular weight excluding hydrogens is 417 g/mol. The van der Waals surface area contributed by atoms with Gasteiger partial charge in [-0.05, 0) is 35.4 Å². The summed E-state index contributed by atoms with van der Waals surface area (Å²) in [5, 5.41) is 6.81. The Balaban J connectivity index is 1.42. The van der Waals surface area contributed by atoms with Crippen LogP contribution in [0.15, 0.2) is 53.3 Å². The molecule has 1 N–H and O–H groups in total. The van der Waals surface area contributed by atoms with Gasteiger partial charge in [-0.15, -0.1) is 5.10 Å². The van der Waals surface area contributed by atoms with Gasteiger partial charge in [-0.3, -0.25) is 14.2 Å². The number of hydrogen-bond acceptors (Lipinski definition) is 5. The Kier molecular flexibility index (Phi) is 6.02. The Morgan fingerprint density at radius 2 is 1.91 bits per heavy atom. The molecule has 3 aromatic rings. The first-order valence-corrected chi connectivity index (χ1v) is 10.1. The summed E-state index contributed by atoms with van der Waals surface area (Å²) in [6.45, 7) is 0.702. The minimum Gasteiger partial charge on any atom is -0.497 e. The van der Waals surface area contributed by atoms with Crippen LogP contribution in [0.1, 0.15) is 21.7 Å². The number of amides is 2. The van der Waals surface area contributed by atoms with E-state index in [-0.39, 0.29) is 44.4 Å². The van der Waals surface area contributed by atoms with Crippen LogP contribution in [0.2, 0.25) is 0 Å². The third kappa shape index (κ3) is 4.53. The molecule has 0 radical (unpaired) electrons. The molecule has 1 aromatic heterocycles. The molecule has 0 atom stereocenters. The van der Waals surface area contributed by atoms with E-state index in [9.17, 15) is 18.8 Å². The van der Waals surface area contributed by atoms with Crippen molar-refractivity contribution in [1.29, 1.82) is 0 Å². The van der Waals surface area contributed by atoms with E-state index in [1.54, 1.807) is 31.4 Å². The molecule has 10 heteroatoms.